The number of urea groups is 1. The molecule has 0 aliphatic carbocycles. The summed E-state index contributed by atoms with van der Waals surface area (Å²) >= 11 is 28.8. The molecular weight excluding hydrogens is 438 g/mol. The van der Waals surface area contributed by atoms with Crippen LogP contribution in [0.3, 0.4) is 0 Å². The van der Waals surface area contributed by atoms with Crippen LogP contribution in [0, 0.1) is 0 Å². The summed E-state index contributed by atoms with van der Waals surface area (Å²) in [5.74, 6) is 0. The van der Waals surface area contributed by atoms with Crippen molar-refractivity contribution in [1.29, 1.82) is 0 Å². The Morgan fingerprint density at radius 2 is 1.46 bits per heavy atom. The Kier molecular flexibility index (Phi) is 7.61. The molecule has 2 aromatic carbocycles. The van der Waals surface area contributed by atoms with Gasteiger partial charge >= 0.3 is 6.03 Å². The van der Waals surface area contributed by atoms with Crippen LogP contribution < -0.4 is 21.3 Å². The summed E-state index contributed by atoms with van der Waals surface area (Å²) in [7, 11) is 0. The third kappa shape index (κ3) is 7.05. The molecule has 0 aliphatic heterocycles. The van der Waals surface area contributed by atoms with Gasteiger partial charge in [-0.25, -0.2) is 4.79 Å². The number of hydrogen-bond acceptors (Lipinski definition) is 2. The first-order valence-corrected chi connectivity index (χ1v) is 9.18. The molecule has 0 aromatic heterocycles. The Morgan fingerprint density at radius 1 is 0.885 bits per heavy atom. The van der Waals surface area contributed by atoms with E-state index in [2.05, 4.69) is 21.3 Å². The van der Waals surface area contributed by atoms with Crippen LogP contribution in [0.5, 0.6) is 0 Å². The van der Waals surface area contributed by atoms with Crippen LogP contribution in [0.1, 0.15) is 0 Å². The summed E-state index contributed by atoms with van der Waals surface area (Å²) in [6.45, 7) is 0. The van der Waals surface area contributed by atoms with Gasteiger partial charge in [0.2, 0.25) is 3.79 Å². The van der Waals surface area contributed by atoms with Crippen molar-refractivity contribution >= 4 is 81.1 Å². The average Bonchev–Trinajstić information content (AvgIpc) is 2.56. The number of benzene rings is 2. The Labute approximate surface area is 176 Å². The number of anilines is 2. The molecule has 0 bridgehead atoms. The molecule has 5 nitrogen and oxygen atoms in total. The van der Waals surface area contributed by atoms with E-state index in [1.807, 2.05) is 6.07 Å². The van der Waals surface area contributed by atoms with E-state index in [0.717, 1.165) is 0 Å². The predicted octanol–water partition coefficient (Wildman–Crippen LogP) is 5.14. The van der Waals surface area contributed by atoms with Gasteiger partial charge in [-0.15, -0.1) is 0 Å². The van der Waals surface area contributed by atoms with Crippen molar-refractivity contribution in [2.75, 3.05) is 10.6 Å². The van der Waals surface area contributed by atoms with Gasteiger partial charge in [0.25, 0.3) is 0 Å². The molecule has 10 heteroatoms. The molecule has 0 unspecified atom stereocenters. The monoisotopic (exact) mass is 450 g/mol. The third-order valence-electron chi connectivity index (χ3n) is 3.01. The predicted molar refractivity (Wildman–Crippen MR) is 113 cm³/mol. The highest BCUT2D eigenvalue weighted by Crippen LogP contribution is 2.29. The number of carbonyl (C=O) groups is 1. The van der Waals surface area contributed by atoms with Gasteiger partial charge in [-0.3, -0.25) is 0 Å². The van der Waals surface area contributed by atoms with Crippen LogP contribution in [-0.4, -0.2) is 21.1 Å². The van der Waals surface area contributed by atoms with Gasteiger partial charge in [0.1, 0.15) is 0 Å². The second-order valence-electron chi connectivity index (χ2n) is 5.04. The summed E-state index contributed by atoms with van der Waals surface area (Å²) in [6, 6.07) is 15.1. The van der Waals surface area contributed by atoms with Crippen LogP contribution in [0.25, 0.3) is 0 Å². The number of rotatable bonds is 4. The first-order valence-electron chi connectivity index (χ1n) is 7.26. The molecule has 2 amide bonds. The molecule has 2 rings (SSSR count). The molecule has 0 aliphatic rings. The quantitative estimate of drug-likeness (QED) is 0.295. The summed E-state index contributed by atoms with van der Waals surface area (Å²) in [4.78, 5) is 12.1. The number of alkyl halides is 3. The van der Waals surface area contributed by atoms with Crippen LogP contribution in [-0.2, 0) is 0 Å². The fourth-order valence-electron chi connectivity index (χ4n) is 1.85. The molecule has 2 aromatic rings. The topological polar surface area (TPSA) is 65.2 Å². The highest BCUT2D eigenvalue weighted by atomic mass is 35.6. The van der Waals surface area contributed by atoms with Crippen LogP contribution in [0.15, 0.2) is 54.6 Å². The standard InChI is InChI=1S/C16H14Cl4N4OS/c17-10-6-8-12(9-7-10)22-15(26)24-13(16(18,19)20)23-14(25)21-11-4-2-1-3-5-11/h1-9,13H,(H2,21,23,25)(H2,22,24,26)/t13-/m0/s1. The second kappa shape index (κ2) is 9.48. The molecule has 0 radical (unpaired) electrons. The number of carbonyl (C=O) groups excluding carboxylic acids is 1. The van der Waals surface area contributed by atoms with Gasteiger partial charge in [-0.05, 0) is 48.6 Å². The molecule has 0 heterocycles. The lowest BCUT2D eigenvalue weighted by molar-refractivity contribution is 0.247. The largest absolute Gasteiger partial charge is 0.339 e. The minimum Gasteiger partial charge on any atom is -0.339 e. The molecular formula is C16H14Cl4N4OS. The summed E-state index contributed by atoms with van der Waals surface area (Å²) in [6.07, 6.45) is -1.08. The third-order valence-corrected chi connectivity index (χ3v) is 4.14. The number of nitrogens with one attached hydrogen (secondary N) is 4. The van der Waals surface area contributed by atoms with Gasteiger partial charge in [0.05, 0.1) is 0 Å². The van der Waals surface area contributed by atoms with E-state index >= 15 is 0 Å². The zero-order valence-electron chi connectivity index (χ0n) is 13.1. The van der Waals surface area contributed by atoms with Crippen molar-refractivity contribution in [2.24, 2.45) is 0 Å². The summed E-state index contributed by atoms with van der Waals surface area (Å²) in [5, 5.41) is 11.6. The summed E-state index contributed by atoms with van der Waals surface area (Å²) < 4.78 is -1.85. The number of amides is 2. The SMILES string of the molecule is O=C(Nc1ccccc1)N[C@@H](NC(=S)Nc1ccc(Cl)cc1)C(Cl)(Cl)Cl. The molecule has 0 spiro atoms. The van der Waals surface area contributed by atoms with E-state index in [4.69, 9.17) is 58.6 Å². The number of thiocarbonyl (C=S) groups is 1. The van der Waals surface area contributed by atoms with Crippen molar-refractivity contribution < 1.29 is 4.79 Å². The van der Waals surface area contributed by atoms with E-state index in [1.165, 1.54) is 0 Å². The lowest BCUT2D eigenvalue weighted by Gasteiger charge is -2.27. The number of halogens is 4. The molecule has 0 saturated carbocycles. The smallest absolute Gasteiger partial charge is 0.320 e. The molecule has 26 heavy (non-hydrogen) atoms. The zero-order valence-corrected chi connectivity index (χ0v) is 16.9. The fraction of sp³-hybridized carbons (Fsp3) is 0.125. The Bertz CT molecular complexity index is 753. The highest BCUT2D eigenvalue weighted by Gasteiger charge is 2.34. The highest BCUT2D eigenvalue weighted by molar-refractivity contribution is 7.80. The Balaban J connectivity index is 1.97. The minimum absolute atomic E-state index is 0.156. The number of hydrogen-bond donors (Lipinski definition) is 4. The van der Waals surface area contributed by atoms with Crippen molar-refractivity contribution in [3.8, 4) is 0 Å². The first kappa shape index (κ1) is 20.9. The summed E-state index contributed by atoms with van der Waals surface area (Å²) in [5.41, 5.74) is 1.28. The van der Waals surface area contributed by atoms with E-state index in [0.29, 0.717) is 16.4 Å². The van der Waals surface area contributed by atoms with Gasteiger partial charge < -0.3 is 21.3 Å². The molecule has 1 atom stereocenters. The number of para-hydroxylation sites is 1. The molecule has 4 N–H and O–H groups in total. The van der Waals surface area contributed by atoms with E-state index in [9.17, 15) is 4.79 Å². The maximum absolute atomic E-state index is 12.1. The van der Waals surface area contributed by atoms with Gasteiger partial charge in [-0.1, -0.05) is 64.6 Å². The van der Waals surface area contributed by atoms with Crippen LogP contribution in [0.2, 0.25) is 5.02 Å². The zero-order chi connectivity index (χ0) is 19.2. The fourth-order valence-corrected chi connectivity index (χ4v) is 2.54. The second-order valence-corrected chi connectivity index (χ2v) is 8.26. The Hall–Kier alpha value is -1.44. The van der Waals surface area contributed by atoms with Crippen molar-refractivity contribution in [3.63, 3.8) is 0 Å². The van der Waals surface area contributed by atoms with Crippen LogP contribution in [0.4, 0.5) is 16.2 Å². The van der Waals surface area contributed by atoms with Gasteiger partial charge in [-0.2, -0.15) is 0 Å². The van der Waals surface area contributed by atoms with Gasteiger partial charge in [0.15, 0.2) is 11.3 Å². The van der Waals surface area contributed by atoms with Crippen molar-refractivity contribution in [1.82, 2.24) is 10.6 Å². The lowest BCUT2D eigenvalue weighted by atomic mass is 10.3. The maximum atomic E-state index is 12.1. The molecule has 138 valence electrons. The average molecular weight is 452 g/mol. The first-order chi connectivity index (χ1) is 12.2. The van der Waals surface area contributed by atoms with Crippen molar-refractivity contribution in [2.45, 2.75) is 9.96 Å². The normalized spacial score (nSPS) is 12.0. The van der Waals surface area contributed by atoms with E-state index in [-0.39, 0.29) is 5.11 Å². The maximum Gasteiger partial charge on any atom is 0.320 e. The lowest BCUT2D eigenvalue weighted by Crippen LogP contribution is -2.57. The molecule has 0 fully saturated rings. The molecule has 0 saturated heterocycles. The van der Waals surface area contributed by atoms with Gasteiger partial charge in [0, 0.05) is 16.4 Å². The van der Waals surface area contributed by atoms with E-state index < -0.39 is 16.0 Å². The van der Waals surface area contributed by atoms with Crippen molar-refractivity contribution in [3.05, 3.63) is 59.6 Å². The Morgan fingerprint density at radius 3 is 2.04 bits per heavy atom. The van der Waals surface area contributed by atoms with E-state index in [1.54, 1.807) is 48.5 Å². The minimum atomic E-state index is -1.85. The van der Waals surface area contributed by atoms with Crippen LogP contribution >= 0.6 is 58.6 Å².